The van der Waals surface area contributed by atoms with Gasteiger partial charge in [-0.05, 0) is 23.8 Å². The summed E-state index contributed by atoms with van der Waals surface area (Å²) in [5.41, 5.74) is 1.67. The number of benzene rings is 1. The van der Waals surface area contributed by atoms with E-state index in [4.69, 9.17) is 0 Å². The zero-order valence-corrected chi connectivity index (χ0v) is 13.6. The van der Waals surface area contributed by atoms with Crippen molar-refractivity contribution >= 4 is 17.2 Å². The molecule has 0 aliphatic rings. The lowest BCUT2D eigenvalue weighted by Gasteiger charge is -2.07. The van der Waals surface area contributed by atoms with E-state index in [1.807, 2.05) is 17.5 Å². The van der Waals surface area contributed by atoms with Crippen molar-refractivity contribution in [2.24, 2.45) is 0 Å². The second-order valence-corrected chi connectivity index (χ2v) is 6.12. The van der Waals surface area contributed by atoms with Gasteiger partial charge in [0.2, 0.25) is 0 Å². The second kappa shape index (κ2) is 6.60. The highest BCUT2D eigenvalue weighted by Gasteiger charge is 2.30. The molecule has 0 aliphatic carbocycles. The number of hydrogen-bond donors (Lipinski definition) is 1. The van der Waals surface area contributed by atoms with Crippen LogP contribution in [0.15, 0.2) is 48.0 Å². The molecule has 2 aromatic heterocycles. The molecule has 0 fully saturated rings. The molecule has 124 valence electrons. The SMILES string of the molecule is CNc1cc(-c2csc(Cc3cccc(C(F)(F)F)c3)n2)ccn1. The first-order valence-corrected chi connectivity index (χ1v) is 8.08. The number of rotatable bonds is 4. The molecule has 0 radical (unpaired) electrons. The number of halogens is 3. The lowest BCUT2D eigenvalue weighted by Crippen LogP contribution is -2.05. The maximum atomic E-state index is 12.8. The van der Waals surface area contributed by atoms with Gasteiger partial charge >= 0.3 is 6.18 Å². The van der Waals surface area contributed by atoms with Crippen molar-refractivity contribution in [3.05, 3.63) is 64.1 Å². The zero-order valence-electron chi connectivity index (χ0n) is 12.8. The van der Waals surface area contributed by atoms with Gasteiger partial charge in [0.1, 0.15) is 5.82 Å². The maximum Gasteiger partial charge on any atom is 0.416 e. The predicted molar refractivity (Wildman–Crippen MR) is 89.1 cm³/mol. The third-order valence-electron chi connectivity index (χ3n) is 3.47. The second-order valence-electron chi connectivity index (χ2n) is 5.18. The van der Waals surface area contributed by atoms with Crippen LogP contribution in [0.3, 0.4) is 0 Å². The molecule has 0 atom stereocenters. The molecule has 0 saturated carbocycles. The molecule has 3 aromatic rings. The monoisotopic (exact) mass is 349 g/mol. The number of anilines is 1. The minimum atomic E-state index is -4.33. The van der Waals surface area contributed by atoms with E-state index < -0.39 is 11.7 Å². The van der Waals surface area contributed by atoms with Crippen molar-refractivity contribution in [3.8, 4) is 11.3 Å². The lowest BCUT2D eigenvalue weighted by atomic mass is 10.1. The van der Waals surface area contributed by atoms with E-state index in [-0.39, 0.29) is 0 Å². The molecule has 24 heavy (non-hydrogen) atoms. The van der Waals surface area contributed by atoms with E-state index in [0.29, 0.717) is 12.0 Å². The first-order valence-electron chi connectivity index (χ1n) is 7.20. The van der Waals surface area contributed by atoms with Gasteiger partial charge in [0.15, 0.2) is 0 Å². The summed E-state index contributed by atoms with van der Waals surface area (Å²) in [6.45, 7) is 0. The Labute approximate surface area is 141 Å². The van der Waals surface area contributed by atoms with Crippen LogP contribution in [0.2, 0.25) is 0 Å². The van der Waals surface area contributed by atoms with Crippen LogP contribution < -0.4 is 5.32 Å². The first kappa shape index (κ1) is 16.4. The van der Waals surface area contributed by atoms with E-state index in [2.05, 4.69) is 15.3 Å². The van der Waals surface area contributed by atoms with Gasteiger partial charge < -0.3 is 5.32 Å². The number of pyridine rings is 1. The Bertz CT molecular complexity index is 843. The molecule has 2 heterocycles. The summed E-state index contributed by atoms with van der Waals surface area (Å²) < 4.78 is 38.3. The van der Waals surface area contributed by atoms with Crippen molar-refractivity contribution in [1.29, 1.82) is 0 Å². The molecule has 0 amide bonds. The van der Waals surface area contributed by atoms with Crippen LogP contribution >= 0.6 is 11.3 Å². The van der Waals surface area contributed by atoms with Crippen LogP contribution in [-0.2, 0) is 12.6 Å². The Kier molecular flexibility index (Phi) is 4.53. The van der Waals surface area contributed by atoms with Crippen molar-refractivity contribution in [2.75, 3.05) is 12.4 Å². The van der Waals surface area contributed by atoms with Gasteiger partial charge in [0, 0.05) is 30.6 Å². The molecule has 0 bridgehead atoms. The van der Waals surface area contributed by atoms with Crippen molar-refractivity contribution in [1.82, 2.24) is 9.97 Å². The van der Waals surface area contributed by atoms with E-state index >= 15 is 0 Å². The first-order chi connectivity index (χ1) is 11.5. The normalized spacial score (nSPS) is 11.5. The van der Waals surface area contributed by atoms with E-state index in [9.17, 15) is 13.2 Å². The smallest absolute Gasteiger partial charge is 0.373 e. The number of hydrogen-bond acceptors (Lipinski definition) is 4. The maximum absolute atomic E-state index is 12.8. The molecule has 3 rings (SSSR count). The summed E-state index contributed by atoms with van der Waals surface area (Å²) in [5, 5.41) is 5.63. The lowest BCUT2D eigenvalue weighted by molar-refractivity contribution is -0.137. The highest BCUT2D eigenvalue weighted by Crippen LogP contribution is 2.30. The van der Waals surface area contributed by atoms with Gasteiger partial charge in [0.05, 0.1) is 16.3 Å². The van der Waals surface area contributed by atoms with Gasteiger partial charge in [-0.3, -0.25) is 0 Å². The number of alkyl halides is 3. The van der Waals surface area contributed by atoms with Crippen LogP contribution in [0, 0.1) is 0 Å². The third-order valence-corrected chi connectivity index (χ3v) is 4.32. The topological polar surface area (TPSA) is 37.8 Å². The Morgan fingerprint density at radius 1 is 1.17 bits per heavy atom. The van der Waals surface area contributed by atoms with Crippen LogP contribution in [0.4, 0.5) is 19.0 Å². The third kappa shape index (κ3) is 3.73. The molecule has 3 nitrogen and oxygen atoms in total. The number of aromatic nitrogens is 2. The Morgan fingerprint density at radius 3 is 2.75 bits per heavy atom. The van der Waals surface area contributed by atoms with Gasteiger partial charge in [-0.1, -0.05) is 18.2 Å². The van der Waals surface area contributed by atoms with Crippen LogP contribution in [0.1, 0.15) is 16.1 Å². The van der Waals surface area contributed by atoms with Crippen LogP contribution in [0.25, 0.3) is 11.3 Å². The quantitative estimate of drug-likeness (QED) is 0.731. The highest BCUT2D eigenvalue weighted by atomic mass is 32.1. The Hall–Kier alpha value is -2.41. The largest absolute Gasteiger partial charge is 0.416 e. The van der Waals surface area contributed by atoms with Gasteiger partial charge in [-0.15, -0.1) is 11.3 Å². The average Bonchev–Trinajstić information content (AvgIpc) is 3.03. The van der Waals surface area contributed by atoms with E-state index in [1.54, 1.807) is 19.3 Å². The average molecular weight is 349 g/mol. The predicted octanol–water partition coefficient (Wildman–Crippen LogP) is 4.86. The Balaban J connectivity index is 1.81. The molecular formula is C17H14F3N3S. The molecule has 1 N–H and O–H groups in total. The zero-order chi connectivity index (χ0) is 17.2. The summed E-state index contributed by atoms with van der Waals surface area (Å²) in [5.74, 6) is 0.736. The van der Waals surface area contributed by atoms with Gasteiger partial charge in [-0.2, -0.15) is 13.2 Å². The van der Waals surface area contributed by atoms with Gasteiger partial charge in [-0.25, -0.2) is 9.97 Å². The number of nitrogens with one attached hydrogen (secondary N) is 1. The van der Waals surface area contributed by atoms with Crippen molar-refractivity contribution < 1.29 is 13.2 Å². The molecule has 0 saturated heterocycles. The minimum absolute atomic E-state index is 0.374. The number of nitrogens with zero attached hydrogens (tertiary/aromatic N) is 2. The molecule has 0 unspecified atom stereocenters. The van der Waals surface area contributed by atoms with Crippen molar-refractivity contribution in [3.63, 3.8) is 0 Å². The summed E-state index contributed by atoms with van der Waals surface area (Å²) in [7, 11) is 1.78. The van der Waals surface area contributed by atoms with Crippen molar-refractivity contribution in [2.45, 2.75) is 12.6 Å². The molecule has 1 aromatic carbocycles. The molecular weight excluding hydrogens is 335 g/mol. The van der Waals surface area contributed by atoms with Crippen LogP contribution in [0.5, 0.6) is 0 Å². The molecule has 0 aliphatic heterocycles. The minimum Gasteiger partial charge on any atom is -0.373 e. The molecule has 7 heteroatoms. The van der Waals surface area contributed by atoms with E-state index in [1.165, 1.54) is 23.5 Å². The summed E-state index contributed by atoms with van der Waals surface area (Å²) in [6.07, 6.45) is -2.27. The van der Waals surface area contributed by atoms with Crippen LogP contribution in [-0.4, -0.2) is 17.0 Å². The standard InChI is InChI=1S/C17H14F3N3S/c1-21-15-9-12(5-6-22-15)14-10-24-16(23-14)8-11-3-2-4-13(7-11)17(18,19)20/h2-7,9-10H,8H2,1H3,(H,21,22). The Morgan fingerprint density at radius 2 is 2.00 bits per heavy atom. The van der Waals surface area contributed by atoms with E-state index in [0.717, 1.165) is 28.1 Å². The molecule has 0 spiro atoms. The number of thiazole rings is 1. The fourth-order valence-corrected chi connectivity index (χ4v) is 3.12. The summed E-state index contributed by atoms with van der Waals surface area (Å²) in [4.78, 5) is 8.67. The fourth-order valence-electron chi connectivity index (χ4n) is 2.28. The summed E-state index contributed by atoms with van der Waals surface area (Å²) >= 11 is 1.43. The highest BCUT2D eigenvalue weighted by molar-refractivity contribution is 7.10. The van der Waals surface area contributed by atoms with Gasteiger partial charge in [0.25, 0.3) is 0 Å². The fraction of sp³-hybridized carbons (Fsp3) is 0.176. The summed E-state index contributed by atoms with van der Waals surface area (Å²) in [6, 6.07) is 9.09.